The summed E-state index contributed by atoms with van der Waals surface area (Å²) in [4.78, 5) is 62.0. The van der Waals surface area contributed by atoms with Gasteiger partial charge in [0.15, 0.2) is 5.69 Å². The van der Waals surface area contributed by atoms with Crippen molar-refractivity contribution >= 4 is 40.9 Å². The van der Waals surface area contributed by atoms with Gasteiger partial charge in [0.2, 0.25) is 0 Å². The lowest BCUT2D eigenvalue weighted by molar-refractivity contribution is 0.0521. The maximum atomic E-state index is 14.6. The first-order valence-corrected chi connectivity index (χ1v) is 19.9. The Bertz CT molecular complexity index is 2340. The summed E-state index contributed by atoms with van der Waals surface area (Å²) in [6.07, 6.45) is 1.85. The molecule has 0 saturated carbocycles. The maximum Gasteiger partial charge on any atom is 0.407 e. The van der Waals surface area contributed by atoms with Gasteiger partial charge in [0.1, 0.15) is 17.0 Å². The van der Waals surface area contributed by atoms with Gasteiger partial charge in [-0.1, -0.05) is 42.5 Å². The van der Waals surface area contributed by atoms with Crippen molar-refractivity contribution in [3.63, 3.8) is 0 Å². The fourth-order valence-electron chi connectivity index (χ4n) is 7.58. The van der Waals surface area contributed by atoms with Crippen molar-refractivity contribution in [1.29, 1.82) is 0 Å². The first kappa shape index (κ1) is 39.2. The van der Waals surface area contributed by atoms with Crippen molar-refractivity contribution in [2.45, 2.75) is 72.1 Å². The van der Waals surface area contributed by atoms with Gasteiger partial charge < -0.3 is 29.7 Å². The van der Waals surface area contributed by atoms with Crippen molar-refractivity contribution in [2.24, 2.45) is 0 Å². The molecule has 3 aromatic carbocycles. The number of amides is 3. The van der Waals surface area contributed by atoms with E-state index >= 15 is 0 Å². The van der Waals surface area contributed by atoms with E-state index in [1.165, 1.54) is 7.11 Å². The van der Waals surface area contributed by atoms with Crippen LogP contribution in [0, 0.1) is 13.8 Å². The Hall–Kier alpha value is -6.01. The van der Waals surface area contributed by atoms with Crippen LogP contribution in [0.25, 0.3) is 21.6 Å². The van der Waals surface area contributed by atoms with Crippen LogP contribution in [0.1, 0.15) is 98.8 Å². The number of ether oxygens (including phenoxy) is 3. The molecule has 1 saturated heterocycles. The van der Waals surface area contributed by atoms with Crippen LogP contribution in [0.15, 0.2) is 78.2 Å². The molecule has 0 radical (unpaired) electrons. The van der Waals surface area contributed by atoms with E-state index in [0.29, 0.717) is 42.1 Å². The van der Waals surface area contributed by atoms with E-state index in [9.17, 15) is 19.2 Å². The first-order chi connectivity index (χ1) is 27.3. The van der Waals surface area contributed by atoms with Crippen LogP contribution in [-0.4, -0.2) is 59.6 Å². The van der Waals surface area contributed by atoms with Crippen LogP contribution in [0.4, 0.5) is 10.5 Å². The SMILES string of the molecule is COC(=O)c1nc(C(=O)N2CCC[C@@H]2c2ccccc2)ccc1-c1cc2c(cc1C(=O)Nc1c(C)cc(CNC(=O)OC(C)(C)C)cc1C)-c1sccc1CCO2. The topological polar surface area (TPSA) is 136 Å². The van der Waals surface area contributed by atoms with Crippen LogP contribution in [-0.2, 0) is 22.4 Å². The smallest absolute Gasteiger partial charge is 0.407 e. The van der Waals surface area contributed by atoms with Crippen LogP contribution in [0.5, 0.6) is 5.75 Å². The average molecular weight is 787 g/mol. The highest BCUT2D eigenvalue weighted by molar-refractivity contribution is 7.13. The van der Waals surface area contributed by atoms with Gasteiger partial charge in [-0.2, -0.15) is 0 Å². The standard InChI is InChI=1S/C45H46N4O7S/c1-26-21-28(25-46-44(53)56-45(3,4)5)22-27(2)38(26)48-41(50)33-23-34-37(55-19-16-30-17-20-57-40(30)34)24-32(33)31-14-15-35(47-39(31)43(52)54-6)42(51)49-18-10-13-36(49)29-11-8-7-9-12-29/h7-9,11-12,14-15,17,20-24,36H,10,13,16,18-19,25H2,1-6H3,(H,46,53)(H,48,50)/t36-/m1/s1. The number of carbonyl (C=O) groups excluding carboxylic acids is 4. The Morgan fingerprint density at radius 3 is 2.42 bits per heavy atom. The van der Waals surface area contributed by atoms with E-state index in [4.69, 9.17) is 14.2 Å². The lowest BCUT2D eigenvalue weighted by Crippen LogP contribution is -2.32. The molecule has 1 atom stereocenters. The van der Waals surface area contributed by atoms with Crippen molar-refractivity contribution in [3.8, 4) is 27.3 Å². The van der Waals surface area contributed by atoms with Gasteiger partial charge >= 0.3 is 12.1 Å². The summed E-state index contributed by atoms with van der Waals surface area (Å²) in [5.41, 5.74) is 6.36. The third-order valence-corrected chi connectivity index (χ3v) is 11.1. The zero-order valence-corrected chi connectivity index (χ0v) is 33.8. The predicted octanol–water partition coefficient (Wildman–Crippen LogP) is 9.07. The number of likely N-dealkylation sites (tertiary alicyclic amines) is 1. The average Bonchev–Trinajstić information content (AvgIpc) is 3.84. The zero-order chi connectivity index (χ0) is 40.4. The van der Waals surface area contributed by atoms with Crippen LogP contribution < -0.4 is 15.4 Å². The Labute approximate surface area is 336 Å². The van der Waals surface area contributed by atoms with Crippen molar-refractivity contribution in [1.82, 2.24) is 15.2 Å². The van der Waals surface area contributed by atoms with E-state index in [2.05, 4.69) is 21.7 Å². The number of benzene rings is 3. The third kappa shape index (κ3) is 8.41. The van der Waals surface area contributed by atoms with Gasteiger partial charge in [-0.25, -0.2) is 14.6 Å². The minimum atomic E-state index is -0.745. The summed E-state index contributed by atoms with van der Waals surface area (Å²) in [5.74, 6) is -0.886. The number of rotatable bonds is 8. The summed E-state index contributed by atoms with van der Waals surface area (Å²) in [5, 5.41) is 7.95. The number of aromatic nitrogens is 1. The molecule has 2 aliphatic rings. The first-order valence-electron chi connectivity index (χ1n) is 19.0. The van der Waals surface area contributed by atoms with Gasteiger partial charge in [-0.15, -0.1) is 11.3 Å². The number of fused-ring (bicyclic) bond motifs is 3. The number of hydrogen-bond donors (Lipinski definition) is 2. The van der Waals surface area contributed by atoms with E-state index in [1.54, 1.807) is 61.3 Å². The van der Waals surface area contributed by atoms with Crippen LogP contribution >= 0.6 is 11.3 Å². The molecule has 0 bridgehead atoms. The number of nitrogens with zero attached hydrogens (tertiary/aromatic N) is 2. The second-order valence-electron chi connectivity index (χ2n) is 15.3. The summed E-state index contributed by atoms with van der Waals surface area (Å²) in [7, 11) is 1.26. The Kier molecular flexibility index (Phi) is 11.2. The summed E-state index contributed by atoms with van der Waals surface area (Å²) in [6, 6.07) is 22.5. The monoisotopic (exact) mass is 786 g/mol. The number of esters is 1. The van der Waals surface area contributed by atoms with E-state index in [1.807, 2.05) is 61.7 Å². The summed E-state index contributed by atoms with van der Waals surface area (Å²) < 4.78 is 16.9. The zero-order valence-electron chi connectivity index (χ0n) is 33.0. The van der Waals surface area contributed by atoms with Gasteiger partial charge in [0.25, 0.3) is 11.8 Å². The van der Waals surface area contributed by atoms with Crippen LogP contribution in [0.2, 0.25) is 0 Å². The number of pyridine rings is 1. The molecule has 0 aliphatic carbocycles. The Morgan fingerprint density at radius 2 is 1.70 bits per heavy atom. The molecular formula is C45H46N4O7S. The lowest BCUT2D eigenvalue weighted by atomic mass is 9.93. The number of aryl methyl sites for hydroxylation is 2. The number of thiophene rings is 1. The second-order valence-corrected chi connectivity index (χ2v) is 16.2. The molecule has 11 nitrogen and oxygen atoms in total. The molecule has 5 aromatic rings. The van der Waals surface area contributed by atoms with E-state index in [0.717, 1.165) is 51.1 Å². The number of carbonyl (C=O) groups is 4. The highest BCUT2D eigenvalue weighted by Crippen LogP contribution is 2.44. The molecule has 0 unspecified atom stereocenters. The molecule has 2 aliphatic heterocycles. The van der Waals surface area contributed by atoms with Crippen molar-refractivity contribution in [3.05, 3.63) is 123 Å². The molecule has 2 aromatic heterocycles. The Morgan fingerprint density at radius 1 is 0.947 bits per heavy atom. The summed E-state index contributed by atoms with van der Waals surface area (Å²) >= 11 is 1.57. The molecule has 57 heavy (non-hydrogen) atoms. The largest absolute Gasteiger partial charge is 0.493 e. The summed E-state index contributed by atoms with van der Waals surface area (Å²) in [6.45, 7) is 10.4. The highest BCUT2D eigenvalue weighted by Gasteiger charge is 2.33. The Balaban J connectivity index is 1.27. The number of methoxy groups -OCH3 is 1. The van der Waals surface area contributed by atoms with E-state index < -0.39 is 23.6 Å². The molecule has 294 valence electrons. The molecule has 2 N–H and O–H groups in total. The number of nitrogens with one attached hydrogen (secondary N) is 2. The highest BCUT2D eigenvalue weighted by atomic mass is 32.1. The van der Waals surface area contributed by atoms with Crippen LogP contribution in [0.3, 0.4) is 0 Å². The van der Waals surface area contributed by atoms with Gasteiger partial charge in [0, 0.05) is 52.3 Å². The number of hydrogen-bond acceptors (Lipinski definition) is 9. The number of alkyl carbamates (subject to hydrolysis) is 1. The van der Waals surface area contributed by atoms with Gasteiger partial charge in [0.05, 0.1) is 19.8 Å². The second kappa shape index (κ2) is 16.2. The lowest BCUT2D eigenvalue weighted by Gasteiger charge is -2.25. The fraction of sp³-hybridized carbons (Fsp3) is 0.311. The molecule has 4 heterocycles. The minimum Gasteiger partial charge on any atom is -0.493 e. The van der Waals surface area contributed by atoms with Gasteiger partial charge in [-0.3, -0.25) is 9.59 Å². The maximum absolute atomic E-state index is 14.6. The minimum absolute atomic E-state index is 0.0903. The normalized spacial score (nSPS) is 14.8. The molecule has 7 rings (SSSR count). The fourth-order valence-corrected chi connectivity index (χ4v) is 8.55. The quantitative estimate of drug-likeness (QED) is 0.149. The van der Waals surface area contributed by atoms with Crippen molar-refractivity contribution in [2.75, 3.05) is 25.6 Å². The van der Waals surface area contributed by atoms with Gasteiger partial charge in [-0.05, 0) is 111 Å². The predicted molar refractivity (Wildman–Crippen MR) is 220 cm³/mol. The molecule has 12 heteroatoms. The molecule has 3 amide bonds. The molecular weight excluding hydrogens is 741 g/mol. The van der Waals surface area contributed by atoms with Crippen molar-refractivity contribution < 1.29 is 33.4 Å². The third-order valence-electron chi connectivity index (χ3n) is 10.1. The molecule has 1 fully saturated rings. The molecule has 0 spiro atoms. The van der Waals surface area contributed by atoms with E-state index in [-0.39, 0.29) is 35.4 Å². The number of anilines is 1.